The Bertz CT molecular complexity index is 394. The van der Waals surface area contributed by atoms with Crippen molar-refractivity contribution in [2.75, 3.05) is 0 Å². The van der Waals surface area contributed by atoms with Crippen LogP contribution in [-0.2, 0) is 0 Å². The number of benzene rings is 1. The number of allylic oxidation sites excluding steroid dienone is 1. The van der Waals surface area contributed by atoms with Gasteiger partial charge in [0.05, 0.1) is 5.03 Å². The number of ketones is 1. The Morgan fingerprint density at radius 2 is 1.67 bits per heavy atom. The summed E-state index contributed by atoms with van der Waals surface area (Å²) in [5, 5.41) is 0.159. The van der Waals surface area contributed by atoms with Crippen molar-refractivity contribution in [3.8, 4) is 0 Å². The van der Waals surface area contributed by atoms with E-state index in [0.29, 0.717) is 5.56 Å². The van der Waals surface area contributed by atoms with E-state index in [0.717, 1.165) is 4.47 Å². The molecule has 1 nitrogen and oxygen atoms in total. The van der Waals surface area contributed by atoms with Crippen LogP contribution in [-0.4, -0.2) is 5.78 Å². The van der Waals surface area contributed by atoms with Crippen molar-refractivity contribution < 1.29 is 4.79 Å². The second-order valence-electron chi connectivity index (χ2n) is 2.77. The summed E-state index contributed by atoms with van der Waals surface area (Å²) >= 11 is 19.8. The highest BCUT2D eigenvalue weighted by Crippen LogP contribution is 2.23. The van der Waals surface area contributed by atoms with Crippen LogP contribution in [0.4, 0.5) is 0 Å². The summed E-state index contributed by atoms with van der Waals surface area (Å²) in [7, 11) is 0. The average molecular weight is 328 g/mol. The average Bonchev–Trinajstić information content (AvgIpc) is 2.18. The number of Topliss-reactive ketones (excluding diaryl/α,β-unsaturated/α-hetero) is 1. The quantitative estimate of drug-likeness (QED) is 0.721. The topological polar surface area (TPSA) is 17.1 Å². The predicted octanol–water partition coefficient (Wildman–Crippen LogP) is 4.91. The Morgan fingerprint density at radius 3 is 2.13 bits per heavy atom. The Morgan fingerprint density at radius 1 is 1.13 bits per heavy atom. The van der Waals surface area contributed by atoms with E-state index in [9.17, 15) is 4.79 Å². The van der Waals surface area contributed by atoms with Crippen molar-refractivity contribution in [3.63, 3.8) is 0 Å². The number of hydrogen-bond donors (Lipinski definition) is 0. The van der Waals surface area contributed by atoms with Crippen molar-refractivity contribution >= 4 is 56.5 Å². The van der Waals surface area contributed by atoms with Crippen LogP contribution >= 0.6 is 50.7 Å². The van der Waals surface area contributed by atoms with Gasteiger partial charge in [0.25, 0.3) is 0 Å². The van der Waals surface area contributed by atoms with Gasteiger partial charge in [0, 0.05) is 16.5 Å². The maximum Gasteiger partial charge on any atom is 0.168 e. The van der Waals surface area contributed by atoms with Crippen LogP contribution < -0.4 is 0 Å². The van der Waals surface area contributed by atoms with Gasteiger partial charge in [0.1, 0.15) is 4.49 Å². The Labute approximate surface area is 111 Å². The normalized spacial score (nSPS) is 9.87. The molecule has 0 amide bonds. The first-order chi connectivity index (χ1) is 7.00. The molecule has 0 aliphatic heterocycles. The number of carbonyl (C=O) groups excluding carboxylic acids is 1. The van der Waals surface area contributed by atoms with Gasteiger partial charge in [-0.25, -0.2) is 0 Å². The summed E-state index contributed by atoms with van der Waals surface area (Å²) in [6.45, 7) is 0. The molecule has 80 valence electrons. The molecule has 1 aromatic rings. The van der Waals surface area contributed by atoms with Crippen LogP contribution in [0.1, 0.15) is 16.8 Å². The Hall–Kier alpha value is -0.0200. The molecule has 0 bridgehead atoms. The molecule has 0 atom stereocenters. The lowest BCUT2D eigenvalue weighted by atomic mass is 10.1. The van der Waals surface area contributed by atoms with Crippen LogP contribution in [0.15, 0.2) is 38.3 Å². The highest BCUT2D eigenvalue weighted by molar-refractivity contribution is 9.10. The minimum atomic E-state index is -0.119. The van der Waals surface area contributed by atoms with E-state index in [1.807, 2.05) is 0 Å². The molecule has 0 unspecified atom stereocenters. The molecule has 5 heteroatoms. The molecular weight excluding hydrogens is 322 g/mol. The zero-order valence-corrected chi connectivity index (χ0v) is 11.3. The molecule has 15 heavy (non-hydrogen) atoms. The lowest BCUT2D eigenvalue weighted by Gasteiger charge is -2.00. The molecule has 0 aliphatic carbocycles. The summed E-state index contributed by atoms with van der Waals surface area (Å²) in [6.07, 6.45) is 0.0194. The minimum Gasteiger partial charge on any atom is -0.294 e. The first-order valence-electron chi connectivity index (χ1n) is 3.99. The third-order valence-corrected chi connectivity index (χ3v) is 3.19. The summed E-state index contributed by atoms with van der Waals surface area (Å²) in [4.78, 5) is 11.6. The summed E-state index contributed by atoms with van der Waals surface area (Å²) < 4.78 is 0.846. The summed E-state index contributed by atoms with van der Waals surface area (Å²) in [5.74, 6) is -0.119. The zero-order valence-electron chi connectivity index (χ0n) is 7.44. The maximum atomic E-state index is 11.6. The monoisotopic (exact) mass is 326 g/mol. The second-order valence-corrected chi connectivity index (χ2v) is 5.09. The molecule has 1 rings (SSSR count). The van der Waals surface area contributed by atoms with E-state index < -0.39 is 0 Å². The van der Waals surface area contributed by atoms with Gasteiger partial charge >= 0.3 is 0 Å². The second kappa shape index (κ2) is 5.90. The van der Waals surface area contributed by atoms with Crippen molar-refractivity contribution in [3.05, 3.63) is 43.8 Å². The zero-order chi connectivity index (χ0) is 11.4. The summed E-state index contributed by atoms with van der Waals surface area (Å²) in [6, 6.07) is 6.98. The molecule has 0 fully saturated rings. The van der Waals surface area contributed by atoms with Crippen LogP contribution in [0.3, 0.4) is 0 Å². The number of hydrogen-bond acceptors (Lipinski definition) is 1. The van der Waals surface area contributed by atoms with Gasteiger partial charge in [0.15, 0.2) is 5.78 Å². The first-order valence-corrected chi connectivity index (χ1v) is 5.92. The van der Waals surface area contributed by atoms with E-state index in [1.54, 1.807) is 24.3 Å². The van der Waals surface area contributed by atoms with E-state index >= 15 is 0 Å². The molecule has 0 N–H and O–H groups in total. The van der Waals surface area contributed by atoms with Gasteiger partial charge in [-0.2, -0.15) is 0 Å². The van der Waals surface area contributed by atoms with Gasteiger partial charge < -0.3 is 0 Å². The number of rotatable bonds is 3. The van der Waals surface area contributed by atoms with Gasteiger partial charge in [0.2, 0.25) is 0 Å². The van der Waals surface area contributed by atoms with Crippen molar-refractivity contribution in [1.82, 2.24) is 0 Å². The molecule has 1 aromatic carbocycles. The lowest BCUT2D eigenvalue weighted by Crippen LogP contribution is -1.98. The SMILES string of the molecule is O=C(CC(Cl)=C(Cl)Cl)c1ccc(Br)cc1. The summed E-state index contributed by atoms with van der Waals surface area (Å²) in [5.41, 5.74) is 0.575. The maximum absolute atomic E-state index is 11.6. The molecule has 0 radical (unpaired) electrons. The standard InChI is InChI=1S/C10H6BrCl3O/c11-7-3-1-6(2-4-7)9(15)5-8(12)10(13)14/h1-4H,5H2. The highest BCUT2D eigenvalue weighted by atomic mass is 79.9. The Kier molecular flexibility index (Phi) is 5.13. The fraction of sp³-hybridized carbons (Fsp3) is 0.100. The fourth-order valence-corrected chi connectivity index (χ4v) is 1.46. The molecule has 0 saturated carbocycles. The number of carbonyl (C=O) groups is 1. The largest absolute Gasteiger partial charge is 0.294 e. The van der Waals surface area contributed by atoms with Crippen LogP contribution in [0.2, 0.25) is 0 Å². The van der Waals surface area contributed by atoms with Gasteiger partial charge in [-0.3, -0.25) is 4.79 Å². The van der Waals surface area contributed by atoms with Crippen molar-refractivity contribution in [2.24, 2.45) is 0 Å². The van der Waals surface area contributed by atoms with Crippen LogP contribution in [0.25, 0.3) is 0 Å². The molecule has 0 saturated heterocycles. The Balaban J connectivity index is 2.78. The minimum absolute atomic E-state index is 0.0194. The first kappa shape index (κ1) is 13.0. The molecule has 0 aromatic heterocycles. The smallest absolute Gasteiger partial charge is 0.168 e. The van der Waals surface area contributed by atoms with E-state index in [1.165, 1.54) is 0 Å². The van der Waals surface area contributed by atoms with Crippen molar-refractivity contribution in [1.29, 1.82) is 0 Å². The van der Waals surface area contributed by atoms with Gasteiger partial charge in [-0.05, 0) is 12.1 Å². The van der Waals surface area contributed by atoms with Gasteiger partial charge in [-0.15, -0.1) is 0 Å². The third-order valence-electron chi connectivity index (χ3n) is 1.69. The molecular formula is C10H6BrCl3O. The fourth-order valence-electron chi connectivity index (χ4n) is 0.946. The molecule has 0 spiro atoms. The predicted molar refractivity (Wildman–Crippen MR) is 67.7 cm³/mol. The number of halogens is 4. The molecule has 0 heterocycles. The van der Waals surface area contributed by atoms with E-state index in [2.05, 4.69) is 15.9 Å². The van der Waals surface area contributed by atoms with E-state index in [-0.39, 0.29) is 21.7 Å². The molecule has 0 aliphatic rings. The van der Waals surface area contributed by atoms with E-state index in [4.69, 9.17) is 34.8 Å². The van der Waals surface area contributed by atoms with Crippen LogP contribution in [0.5, 0.6) is 0 Å². The lowest BCUT2D eigenvalue weighted by molar-refractivity contribution is 0.0994. The third kappa shape index (κ3) is 4.15. The van der Waals surface area contributed by atoms with Gasteiger partial charge in [-0.1, -0.05) is 62.9 Å². The van der Waals surface area contributed by atoms with Crippen LogP contribution in [0, 0.1) is 0 Å². The highest BCUT2D eigenvalue weighted by Gasteiger charge is 2.09. The van der Waals surface area contributed by atoms with Crippen molar-refractivity contribution in [2.45, 2.75) is 6.42 Å².